The second-order valence-electron chi connectivity index (χ2n) is 5.42. The molecule has 0 amide bonds. The number of nitrogens with one attached hydrogen (secondary N) is 1. The summed E-state index contributed by atoms with van der Waals surface area (Å²) in [6.07, 6.45) is 4.28. The average Bonchev–Trinajstić information content (AvgIpc) is 2.82. The average molecular weight is 244 g/mol. The number of imidazole rings is 1. The molecule has 0 aromatic carbocycles. The Labute approximate surface area is 107 Å². The summed E-state index contributed by atoms with van der Waals surface area (Å²) < 4.78 is 0. The highest BCUT2D eigenvalue weighted by atomic mass is 15.2. The van der Waals surface area contributed by atoms with E-state index >= 15 is 0 Å². The van der Waals surface area contributed by atoms with Crippen molar-refractivity contribution in [2.24, 2.45) is 0 Å². The zero-order valence-corrected chi connectivity index (χ0v) is 11.1. The Kier molecular flexibility index (Phi) is 3.04. The van der Waals surface area contributed by atoms with Gasteiger partial charge in [0.2, 0.25) is 0 Å². The first-order chi connectivity index (χ1) is 8.74. The molecule has 0 radical (unpaired) electrons. The maximum Gasteiger partial charge on any atom is 0.177 e. The summed E-state index contributed by atoms with van der Waals surface area (Å²) >= 11 is 0. The summed E-state index contributed by atoms with van der Waals surface area (Å²) in [5, 5.41) is 0. The lowest BCUT2D eigenvalue weighted by atomic mass is 9.96. The molecule has 1 aliphatic heterocycles. The van der Waals surface area contributed by atoms with Crippen LogP contribution in [0.15, 0.2) is 18.3 Å². The van der Waals surface area contributed by atoms with Crippen molar-refractivity contribution >= 4 is 11.2 Å². The van der Waals surface area contributed by atoms with Crippen molar-refractivity contribution < 1.29 is 0 Å². The lowest BCUT2D eigenvalue weighted by Gasteiger charge is -2.34. The van der Waals surface area contributed by atoms with Crippen molar-refractivity contribution in [2.75, 3.05) is 13.1 Å². The minimum atomic E-state index is 0.523. The van der Waals surface area contributed by atoms with Gasteiger partial charge in [-0.25, -0.2) is 9.97 Å². The zero-order valence-electron chi connectivity index (χ0n) is 11.1. The van der Waals surface area contributed by atoms with Gasteiger partial charge in [0.25, 0.3) is 0 Å². The third-order valence-electron chi connectivity index (χ3n) is 3.85. The van der Waals surface area contributed by atoms with Crippen LogP contribution in [0.1, 0.15) is 38.4 Å². The first-order valence-electron chi connectivity index (χ1n) is 6.78. The van der Waals surface area contributed by atoms with Gasteiger partial charge in [-0.3, -0.25) is 0 Å². The van der Waals surface area contributed by atoms with Gasteiger partial charge in [-0.1, -0.05) is 0 Å². The Hall–Kier alpha value is -1.42. The second-order valence-corrected chi connectivity index (χ2v) is 5.42. The van der Waals surface area contributed by atoms with E-state index in [1.165, 1.54) is 19.4 Å². The highest BCUT2D eigenvalue weighted by Gasteiger charge is 2.25. The lowest BCUT2D eigenvalue weighted by molar-refractivity contribution is 0.165. The molecule has 1 aliphatic rings. The number of hydrogen-bond acceptors (Lipinski definition) is 3. The molecule has 4 nitrogen and oxygen atoms in total. The van der Waals surface area contributed by atoms with Crippen molar-refractivity contribution in [3.8, 4) is 0 Å². The number of rotatable bonds is 2. The van der Waals surface area contributed by atoms with E-state index in [1.54, 1.807) is 6.20 Å². The van der Waals surface area contributed by atoms with Crippen molar-refractivity contribution in [3.63, 3.8) is 0 Å². The number of aromatic nitrogens is 3. The molecule has 96 valence electrons. The monoisotopic (exact) mass is 244 g/mol. The van der Waals surface area contributed by atoms with Crippen LogP contribution in [0.3, 0.4) is 0 Å². The third-order valence-corrected chi connectivity index (χ3v) is 3.85. The SMILES string of the molecule is CC(C)N1CCCC(c2nc3ncccc3[nH]2)C1. The molecule has 1 saturated heterocycles. The van der Waals surface area contributed by atoms with E-state index in [0.29, 0.717) is 12.0 Å². The van der Waals surface area contributed by atoms with Crippen LogP contribution in [0.5, 0.6) is 0 Å². The van der Waals surface area contributed by atoms with Gasteiger partial charge < -0.3 is 9.88 Å². The van der Waals surface area contributed by atoms with Crippen molar-refractivity contribution in [3.05, 3.63) is 24.2 Å². The number of hydrogen-bond donors (Lipinski definition) is 1. The molecule has 0 saturated carbocycles. The van der Waals surface area contributed by atoms with Crippen LogP contribution >= 0.6 is 0 Å². The Bertz CT molecular complexity index is 498. The van der Waals surface area contributed by atoms with Crippen LogP contribution in [-0.4, -0.2) is 39.0 Å². The van der Waals surface area contributed by atoms with Crippen LogP contribution < -0.4 is 0 Å². The van der Waals surface area contributed by atoms with Gasteiger partial charge in [0.05, 0.1) is 5.52 Å². The number of likely N-dealkylation sites (tertiary alicyclic amines) is 1. The molecule has 1 unspecified atom stereocenters. The molecule has 4 heteroatoms. The number of pyridine rings is 1. The zero-order chi connectivity index (χ0) is 12.5. The van der Waals surface area contributed by atoms with Gasteiger partial charge in [0.1, 0.15) is 5.82 Å². The van der Waals surface area contributed by atoms with Crippen LogP contribution in [0.2, 0.25) is 0 Å². The molecule has 2 aromatic rings. The summed E-state index contributed by atoms with van der Waals surface area (Å²) in [5.74, 6) is 1.63. The normalized spacial score (nSPS) is 21.8. The van der Waals surface area contributed by atoms with Crippen molar-refractivity contribution in [1.82, 2.24) is 19.9 Å². The first-order valence-corrected chi connectivity index (χ1v) is 6.78. The van der Waals surface area contributed by atoms with Gasteiger partial charge >= 0.3 is 0 Å². The van der Waals surface area contributed by atoms with Gasteiger partial charge in [-0.2, -0.15) is 0 Å². The molecule has 3 heterocycles. The molecule has 1 N–H and O–H groups in total. The van der Waals surface area contributed by atoms with E-state index in [1.807, 2.05) is 12.1 Å². The summed E-state index contributed by atoms with van der Waals surface area (Å²) in [6, 6.07) is 4.61. The lowest BCUT2D eigenvalue weighted by Crippen LogP contribution is -2.39. The van der Waals surface area contributed by atoms with Crippen molar-refractivity contribution in [2.45, 2.75) is 38.6 Å². The first kappa shape index (κ1) is 11.7. The molecule has 1 fully saturated rings. The van der Waals surface area contributed by atoms with Crippen LogP contribution in [0.25, 0.3) is 11.2 Å². The Balaban J connectivity index is 1.85. The van der Waals surface area contributed by atoms with Crippen LogP contribution in [0, 0.1) is 0 Å². The molecule has 2 aromatic heterocycles. The molecular formula is C14H20N4. The number of nitrogens with zero attached hydrogens (tertiary/aromatic N) is 3. The second kappa shape index (κ2) is 4.69. The molecule has 0 bridgehead atoms. The summed E-state index contributed by atoms with van der Waals surface area (Å²) in [5.41, 5.74) is 1.89. The number of piperidine rings is 1. The van der Waals surface area contributed by atoms with E-state index in [4.69, 9.17) is 0 Å². The van der Waals surface area contributed by atoms with Crippen molar-refractivity contribution in [1.29, 1.82) is 0 Å². The number of fused-ring (bicyclic) bond motifs is 1. The number of H-pyrrole nitrogens is 1. The molecule has 18 heavy (non-hydrogen) atoms. The minimum absolute atomic E-state index is 0.523. The Morgan fingerprint density at radius 1 is 1.44 bits per heavy atom. The Morgan fingerprint density at radius 2 is 2.33 bits per heavy atom. The summed E-state index contributed by atoms with van der Waals surface area (Å²) in [7, 11) is 0. The van der Waals surface area contributed by atoms with E-state index in [2.05, 4.69) is 33.7 Å². The highest BCUT2D eigenvalue weighted by molar-refractivity contribution is 5.70. The van der Waals surface area contributed by atoms with Gasteiger partial charge in [-0.05, 0) is 45.4 Å². The van der Waals surface area contributed by atoms with Gasteiger partial charge in [-0.15, -0.1) is 0 Å². The van der Waals surface area contributed by atoms with E-state index in [9.17, 15) is 0 Å². The van der Waals surface area contributed by atoms with Gasteiger partial charge in [0.15, 0.2) is 5.65 Å². The predicted octanol–water partition coefficient (Wildman–Crippen LogP) is 2.55. The quantitative estimate of drug-likeness (QED) is 0.883. The largest absolute Gasteiger partial charge is 0.340 e. The molecule has 0 aliphatic carbocycles. The summed E-state index contributed by atoms with van der Waals surface area (Å²) in [4.78, 5) is 14.9. The van der Waals surface area contributed by atoms with E-state index < -0.39 is 0 Å². The fourth-order valence-corrected chi connectivity index (χ4v) is 2.76. The van der Waals surface area contributed by atoms with E-state index in [-0.39, 0.29) is 0 Å². The molecule has 3 rings (SSSR count). The molecular weight excluding hydrogens is 224 g/mol. The van der Waals surface area contributed by atoms with Gasteiger partial charge in [0, 0.05) is 24.7 Å². The van der Waals surface area contributed by atoms with Crippen LogP contribution in [-0.2, 0) is 0 Å². The maximum absolute atomic E-state index is 4.64. The standard InChI is InChI=1S/C14H20N4/c1-10(2)18-8-4-5-11(9-18)13-16-12-6-3-7-15-14(12)17-13/h3,6-7,10-11H,4-5,8-9H2,1-2H3,(H,15,16,17). The summed E-state index contributed by atoms with van der Waals surface area (Å²) in [6.45, 7) is 6.86. The minimum Gasteiger partial charge on any atom is -0.340 e. The van der Waals surface area contributed by atoms with E-state index in [0.717, 1.165) is 23.5 Å². The van der Waals surface area contributed by atoms with Crippen LogP contribution in [0.4, 0.5) is 0 Å². The number of aromatic amines is 1. The fourth-order valence-electron chi connectivity index (χ4n) is 2.76. The Morgan fingerprint density at radius 3 is 3.11 bits per heavy atom. The fraction of sp³-hybridized carbons (Fsp3) is 0.571. The highest BCUT2D eigenvalue weighted by Crippen LogP contribution is 2.27. The topological polar surface area (TPSA) is 44.8 Å². The maximum atomic E-state index is 4.64. The molecule has 1 atom stereocenters. The smallest absolute Gasteiger partial charge is 0.177 e. The third kappa shape index (κ3) is 2.12. The predicted molar refractivity (Wildman–Crippen MR) is 72.6 cm³/mol. The molecule has 0 spiro atoms.